The molecule has 0 amide bonds. The number of benzene rings is 1. The summed E-state index contributed by atoms with van der Waals surface area (Å²) in [6.07, 6.45) is 1.68. The van der Waals surface area contributed by atoms with Gasteiger partial charge in [-0.15, -0.1) is 0 Å². The lowest BCUT2D eigenvalue weighted by Crippen LogP contribution is -2.54. The van der Waals surface area contributed by atoms with Gasteiger partial charge < -0.3 is 9.74 Å². The highest BCUT2D eigenvalue weighted by Gasteiger charge is 2.46. The monoisotopic (exact) mass is 372 g/mol. The zero-order chi connectivity index (χ0) is 17.8. The van der Waals surface area contributed by atoms with Gasteiger partial charge in [0.2, 0.25) is 0 Å². The van der Waals surface area contributed by atoms with Crippen LogP contribution in [0.5, 0.6) is 0 Å². The second-order valence-electron chi connectivity index (χ2n) is 6.04. The van der Waals surface area contributed by atoms with E-state index in [1.165, 1.54) is 12.1 Å². The minimum Gasteiger partial charge on any atom is -0.351 e. The van der Waals surface area contributed by atoms with E-state index in [0.717, 1.165) is 4.47 Å². The summed E-state index contributed by atoms with van der Waals surface area (Å²) in [5.74, 6) is -0.565. The Labute approximate surface area is 149 Å². The molecule has 0 aliphatic carbocycles. The number of thiol groups is 1. The molecule has 0 bridgehead atoms. The van der Waals surface area contributed by atoms with Gasteiger partial charge in [-0.1, -0.05) is 25.1 Å². The van der Waals surface area contributed by atoms with E-state index in [1.807, 2.05) is 14.0 Å². The molecule has 1 aliphatic heterocycles. The number of likely N-dealkylation sites (tertiary alicyclic amines) is 1. The Morgan fingerprint density at radius 2 is 1.88 bits per heavy atom. The second-order valence-corrected chi connectivity index (χ2v) is 8.63. The Hall–Kier alpha value is -1.09. The van der Waals surface area contributed by atoms with Crippen LogP contribution in [0.25, 0.3) is 0 Å². The fraction of sp³-hybridized carbons (Fsp3) is 0.562. The van der Waals surface area contributed by atoms with Crippen LogP contribution in [-0.2, 0) is 19.7 Å². The highest BCUT2D eigenvalue weighted by molar-refractivity contribution is 7.90. The molecule has 0 radical (unpaired) electrons. The maximum atomic E-state index is 13.0. The van der Waals surface area contributed by atoms with Crippen molar-refractivity contribution in [1.29, 1.82) is 0 Å². The van der Waals surface area contributed by atoms with Crippen LogP contribution in [0.15, 0.2) is 35.2 Å². The number of rotatable bonds is 6. The number of carbonyl (C=O) groups excluding carboxylic acids is 1. The van der Waals surface area contributed by atoms with Crippen molar-refractivity contribution in [2.45, 2.75) is 42.4 Å². The Morgan fingerprint density at radius 3 is 2.42 bits per heavy atom. The molecule has 1 heterocycles. The number of piperidine rings is 1. The summed E-state index contributed by atoms with van der Waals surface area (Å²) >= 11 is 4.61. The Kier molecular flexibility index (Phi) is 6.30. The van der Waals surface area contributed by atoms with Crippen molar-refractivity contribution in [3.05, 3.63) is 30.3 Å². The Morgan fingerprint density at radius 1 is 1.29 bits per heavy atom. The van der Waals surface area contributed by atoms with Crippen LogP contribution in [0.1, 0.15) is 32.6 Å². The molecule has 1 fully saturated rings. The SMILES string of the molecule is CCCC(=O)ON(C1(S)CCN(C)CC1)S(=O)(=O)c1ccccc1. The van der Waals surface area contributed by atoms with E-state index in [9.17, 15) is 13.2 Å². The van der Waals surface area contributed by atoms with Gasteiger partial charge in [-0.2, -0.15) is 12.6 Å². The maximum absolute atomic E-state index is 13.0. The first-order valence-corrected chi connectivity index (χ1v) is 9.90. The normalized spacial score (nSPS) is 18.5. The van der Waals surface area contributed by atoms with Crippen LogP contribution in [0.3, 0.4) is 0 Å². The van der Waals surface area contributed by atoms with Gasteiger partial charge in [0.1, 0.15) is 4.87 Å². The molecule has 0 N–H and O–H groups in total. The molecule has 1 aromatic carbocycles. The zero-order valence-corrected chi connectivity index (χ0v) is 15.7. The minimum atomic E-state index is -3.99. The van der Waals surface area contributed by atoms with E-state index < -0.39 is 20.9 Å². The third-order valence-corrected chi connectivity index (χ3v) is 6.52. The average Bonchev–Trinajstić information content (AvgIpc) is 2.56. The summed E-state index contributed by atoms with van der Waals surface area (Å²) in [7, 11) is -2.03. The van der Waals surface area contributed by atoms with Gasteiger partial charge in [-0.05, 0) is 42.9 Å². The molecule has 6 nitrogen and oxygen atoms in total. The molecule has 1 saturated heterocycles. The topological polar surface area (TPSA) is 66.9 Å². The van der Waals surface area contributed by atoms with Gasteiger partial charge in [0.15, 0.2) is 0 Å². The molecule has 0 unspecified atom stereocenters. The fourth-order valence-electron chi connectivity index (χ4n) is 2.55. The summed E-state index contributed by atoms with van der Waals surface area (Å²) in [6.45, 7) is 3.19. The molecular formula is C16H24N2O4S2. The molecular weight excluding hydrogens is 348 g/mol. The summed E-state index contributed by atoms with van der Waals surface area (Å²) < 4.78 is 26.9. The van der Waals surface area contributed by atoms with E-state index >= 15 is 0 Å². The van der Waals surface area contributed by atoms with Gasteiger partial charge in [0.25, 0.3) is 10.0 Å². The zero-order valence-electron chi connectivity index (χ0n) is 14.0. The Bertz CT molecular complexity index is 656. The van der Waals surface area contributed by atoms with Crippen LogP contribution in [-0.4, -0.2) is 48.8 Å². The number of carbonyl (C=O) groups is 1. The van der Waals surface area contributed by atoms with Crippen molar-refractivity contribution in [3.8, 4) is 0 Å². The number of hydrogen-bond donors (Lipinski definition) is 1. The summed E-state index contributed by atoms with van der Waals surface area (Å²) in [6, 6.07) is 7.99. The fourth-order valence-corrected chi connectivity index (χ4v) is 4.61. The lowest BCUT2D eigenvalue weighted by molar-refractivity contribution is -0.181. The van der Waals surface area contributed by atoms with Gasteiger partial charge in [0.05, 0.1) is 4.90 Å². The second kappa shape index (κ2) is 7.86. The molecule has 1 aliphatic rings. The van der Waals surface area contributed by atoms with Gasteiger partial charge >= 0.3 is 5.97 Å². The molecule has 134 valence electrons. The third-order valence-electron chi connectivity index (χ3n) is 4.03. The van der Waals surface area contributed by atoms with Crippen LogP contribution >= 0.6 is 12.6 Å². The van der Waals surface area contributed by atoms with E-state index in [0.29, 0.717) is 32.4 Å². The van der Waals surface area contributed by atoms with Crippen LogP contribution in [0, 0.1) is 0 Å². The highest BCUT2D eigenvalue weighted by atomic mass is 32.2. The summed E-state index contributed by atoms with van der Waals surface area (Å²) in [4.78, 5) is 18.4. The standard InChI is InChI=1S/C16H24N2O4S2/c1-3-7-15(19)22-18(16(23)10-12-17(2)13-11-16)24(20,21)14-8-5-4-6-9-14/h4-6,8-9,23H,3,7,10-13H2,1-2H3. The van der Waals surface area contributed by atoms with Crippen molar-refractivity contribution in [2.24, 2.45) is 0 Å². The molecule has 0 atom stereocenters. The van der Waals surface area contributed by atoms with Gasteiger partial charge in [0, 0.05) is 19.5 Å². The average molecular weight is 373 g/mol. The first-order chi connectivity index (χ1) is 11.3. The first kappa shape index (κ1) is 19.2. The van der Waals surface area contributed by atoms with E-state index in [2.05, 4.69) is 17.5 Å². The minimum absolute atomic E-state index is 0.0849. The summed E-state index contributed by atoms with van der Waals surface area (Å²) in [5.41, 5.74) is 0. The molecule has 24 heavy (non-hydrogen) atoms. The molecule has 0 aromatic heterocycles. The molecule has 0 spiro atoms. The number of hydroxylamine groups is 1. The van der Waals surface area contributed by atoms with Crippen LogP contribution < -0.4 is 0 Å². The van der Waals surface area contributed by atoms with E-state index in [1.54, 1.807) is 18.2 Å². The number of sulfonamides is 1. The quantitative estimate of drug-likeness (QED) is 0.471. The highest BCUT2D eigenvalue weighted by Crippen LogP contribution is 2.37. The van der Waals surface area contributed by atoms with Crippen molar-refractivity contribution >= 4 is 28.6 Å². The lowest BCUT2D eigenvalue weighted by atomic mass is 10.1. The number of hydrogen-bond acceptors (Lipinski definition) is 6. The molecule has 2 rings (SSSR count). The number of nitrogens with zero attached hydrogens (tertiary/aromatic N) is 2. The van der Waals surface area contributed by atoms with E-state index in [4.69, 9.17) is 4.84 Å². The van der Waals surface area contributed by atoms with Crippen molar-refractivity contribution < 1.29 is 18.0 Å². The third kappa shape index (κ3) is 4.30. The van der Waals surface area contributed by atoms with Crippen molar-refractivity contribution in [1.82, 2.24) is 9.37 Å². The largest absolute Gasteiger partial charge is 0.351 e. The maximum Gasteiger partial charge on any atom is 0.326 e. The van der Waals surface area contributed by atoms with Crippen LogP contribution in [0.2, 0.25) is 0 Å². The Balaban J connectivity index is 2.37. The smallest absolute Gasteiger partial charge is 0.326 e. The van der Waals surface area contributed by atoms with Gasteiger partial charge in [-0.25, -0.2) is 8.42 Å². The molecule has 1 aromatic rings. The molecule has 8 heteroatoms. The van der Waals surface area contributed by atoms with Crippen LogP contribution in [0.4, 0.5) is 0 Å². The first-order valence-electron chi connectivity index (χ1n) is 8.02. The van der Waals surface area contributed by atoms with E-state index in [-0.39, 0.29) is 11.3 Å². The summed E-state index contributed by atoms with van der Waals surface area (Å²) in [5, 5.41) is 0. The predicted octanol–water partition coefficient (Wildman–Crippen LogP) is 2.29. The van der Waals surface area contributed by atoms with Gasteiger partial charge in [-0.3, -0.25) is 4.79 Å². The van der Waals surface area contributed by atoms with Crippen molar-refractivity contribution in [2.75, 3.05) is 20.1 Å². The lowest BCUT2D eigenvalue weighted by Gasteiger charge is -2.42. The molecule has 0 saturated carbocycles. The predicted molar refractivity (Wildman–Crippen MR) is 94.9 cm³/mol. The van der Waals surface area contributed by atoms with Crippen molar-refractivity contribution in [3.63, 3.8) is 0 Å².